The fraction of sp³-hybridized carbons (Fsp3) is 0.659. The summed E-state index contributed by atoms with van der Waals surface area (Å²) in [6.07, 6.45) is 21.9. The summed E-state index contributed by atoms with van der Waals surface area (Å²) in [6.45, 7) is 9.56. The van der Waals surface area contributed by atoms with Crippen LogP contribution >= 0.6 is 0 Å². The molecule has 4 N–H and O–H groups in total. The molecule has 0 saturated carbocycles. The minimum absolute atomic E-state index is 0.186. The van der Waals surface area contributed by atoms with Crippen molar-refractivity contribution in [2.75, 3.05) is 64.0 Å². The summed E-state index contributed by atoms with van der Waals surface area (Å²) < 4.78 is 0. The van der Waals surface area contributed by atoms with E-state index < -0.39 is 0 Å². The predicted octanol–water partition coefficient (Wildman–Crippen LogP) is 9.67. The van der Waals surface area contributed by atoms with Gasteiger partial charge in [0.2, 0.25) is 0 Å². The molecule has 2 rings (SSSR count). The maximum Gasteiger partial charge on any atom is 0.319 e. The number of amides is 4. The van der Waals surface area contributed by atoms with Gasteiger partial charge in [-0.3, -0.25) is 0 Å². The van der Waals surface area contributed by atoms with Crippen LogP contribution in [0, 0.1) is 0 Å². The van der Waals surface area contributed by atoms with E-state index in [4.69, 9.17) is 0 Å². The molecular weight excluding hydrogens is 608 g/mol. The second-order valence-corrected chi connectivity index (χ2v) is 13.9. The zero-order chi connectivity index (χ0) is 35.4. The Kier molecular flexibility index (Phi) is 23.8. The Morgan fingerprint density at radius 3 is 1.27 bits per heavy atom. The van der Waals surface area contributed by atoms with Gasteiger partial charge in [0, 0.05) is 37.6 Å². The van der Waals surface area contributed by atoms with Crippen LogP contribution in [0.25, 0.3) is 0 Å². The minimum atomic E-state index is -0.186. The number of hydrogen-bond donors (Lipinski definition) is 4. The topological polar surface area (TPSA) is 88.7 Å². The van der Waals surface area contributed by atoms with Crippen LogP contribution in [0.3, 0.4) is 0 Å². The summed E-state index contributed by atoms with van der Waals surface area (Å²) in [5, 5.41) is 11.9. The zero-order valence-corrected chi connectivity index (χ0v) is 31.6. The first-order chi connectivity index (χ1) is 23.9. The number of likely N-dealkylation sites (N-methyl/N-ethyl adjacent to an activating group) is 2. The summed E-state index contributed by atoms with van der Waals surface area (Å²) in [5.74, 6) is 0. The molecule has 0 fully saturated rings. The molecule has 0 aliphatic rings. The van der Waals surface area contributed by atoms with Crippen molar-refractivity contribution in [3.63, 3.8) is 0 Å². The van der Waals surface area contributed by atoms with Crippen molar-refractivity contribution in [2.45, 2.75) is 123 Å². The molecule has 2 aromatic rings. The maximum atomic E-state index is 12.5. The molecule has 0 aliphatic heterocycles. The Labute approximate surface area is 299 Å². The van der Waals surface area contributed by atoms with E-state index in [-0.39, 0.29) is 12.1 Å². The van der Waals surface area contributed by atoms with Gasteiger partial charge in [-0.25, -0.2) is 9.59 Å². The van der Waals surface area contributed by atoms with Crippen LogP contribution in [-0.4, -0.2) is 75.2 Å². The molecule has 0 saturated heterocycles. The van der Waals surface area contributed by atoms with E-state index in [2.05, 4.69) is 71.1 Å². The number of rotatable bonds is 28. The number of anilines is 2. The van der Waals surface area contributed by atoms with Crippen LogP contribution in [-0.2, 0) is 6.42 Å². The Balaban J connectivity index is 1.62. The molecule has 0 radical (unpaired) electrons. The second kappa shape index (κ2) is 27.7. The quantitative estimate of drug-likeness (QED) is 0.0675. The van der Waals surface area contributed by atoms with Crippen molar-refractivity contribution in [2.24, 2.45) is 0 Å². The molecule has 0 aromatic heterocycles. The van der Waals surface area contributed by atoms with Crippen LogP contribution in [0.4, 0.5) is 21.0 Å². The number of unbranched alkanes of at least 4 members (excludes halogenated alkanes) is 14. The van der Waals surface area contributed by atoms with Gasteiger partial charge in [0.05, 0.1) is 0 Å². The predicted molar refractivity (Wildman–Crippen MR) is 210 cm³/mol. The van der Waals surface area contributed by atoms with Crippen molar-refractivity contribution < 1.29 is 9.59 Å². The third-order valence-electron chi connectivity index (χ3n) is 9.12. The van der Waals surface area contributed by atoms with Gasteiger partial charge in [-0.1, -0.05) is 128 Å². The fourth-order valence-corrected chi connectivity index (χ4v) is 6.08. The third-order valence-corrected chi connectivity index (χ3v) is 9.12. The highest BCUT2D eigenvalue weighted by atomic mass is 16.2. The highest BCUT2D eigenvalue weighted by molar-refractivity contribution is 5.90. The summed E-state index contributed by atoms with van der Waals surface area (Å²) in [5.41, 5.74) is 3.71. The average molecular weight is 679 g/mol. The number of nitrogens with one attached hydrogen (secondary N) is 4. The first-order valence-electron chi connectivity index (χ1n) is 19.5. The molecule has 8 heteroatoms. The zero-order valence-electron chi connectivity index (χ0n) is 31.6. The van der Waals surface area contributed by atoms with Crippen molar-refractivity contribution in [1.29, 1.82) is 0 Å². The van der Waals surface area contributed by atoms with E-state index in [1.165, 1.54) is 103 Å². The molecule has 8 nitrogen and oxygen atoms in total. The van der Waals surface area contributed by atoms with Crippen LogP contribution in [0.15, 0.2) is 48.5 Å². The summed E-state index contributed by atoms with van der Waals surface area (Å²) in [7, 11) is 4.25. The van der Waals surface area contributed by atoms with Crippen molar-refractivity contribution >= 4 is 23.4 Å². The van der Waals surface area contributed by atoms with Gasteiger partial charge < -0.3 is 31.1 Å². The van der Waals surface area contributed by atoms with E-state index in [0.717, 1.165) is 48.7 Å². The van der Waals surface area contributed by atoms with Gasteiger partial charge in [-0.05, 0) is 81.8 Å². The number of carbonyl (C=O) groups is 2. The Morgan fingerprint density at radius 2 is 0.878 bits per heavy atom. The molecule has 2 aromatic carbocycles. The standard InChI is InChI=1S/C41H70N6O2/c1-5-7-9-11-13-15-17-19-29-46(3)31-27-42-40(48)44-38-25-21-23-36(34-38)33-37-24-22-26-39(35-37)45-41(49)43-28-32-47(4)30-20-18-16-14-12-10-8-6-2/h21-26,34-35H,5-20,27-33H2,1-4H3,(H2,42,44,48)(H2,43,45,49). The van der Waals surface area contributed by atoms with Crippen molar-refractivity contribution in [1.82, 2.24) is 20.4 Å². The normalized spacial score (nSPS) is 11.2. The Morgan fingerprint density at radius 1 is 0.510 bits per heavy atom. The molecule has 0 aliphatic carbocycles. The van der Waals surface area contributed by atoms with Gasteiger partial charge in [-0.15, -0.1) is 0 Å². The Hall–Kier alpha value is -3.10. The maximum absolute atomic E-state index is 12.5. The van der Waals surface area contributed by atoms with E-state index in [0.29, 0.717) is 19.5 Å². The van der Waals surface area contributed by atoms with E-state index in [1.54, 1.807) is 0 Å². The van der Waals surface area contributed by atoms with Crippen LogP contribution in [0.5, 0.6) is 0 Å². The van der Waals surface area contributed by atoms with Gasteiger partial charge >= 0.3 is 12.1 Å². The summed E-state index contributed by atoms with van der Waals surface area (Å²) in [6, 6.07) is 15.5. The molecule has 0 spiro atoms. The molecular formula is C41H70N6O2. The summed E-state index contributed by atoms with van der Waals surface area (Å²) in [4.78, 5) is 29.7. The number of carbonyl (C=O) groups excluding carboxylic acids is 2. The number of urea groups is 2. The average Bonchev–Trinajstić information content (AvgIpc) is 3.07. The Bertz CT molecular complexity index is 1050. The van der Waals surface area contributed by atoms with Gasteiger partial charge in [0.25, 0.3) is 0 Å². The van der Waals surface area contributed by atoms with E-state index in [1.807, 2.05) is 36.4 Å². The van der Waals surface area contributed by atoms with Crippen LogP contribution in [0.2, 0.25) is 0 Å². The SMILES string of the molecule is CCCCCCCCCCN(C)CCNC(=O)Nc1cccc(Cc2cccc(NC(=O)NCCN(C)CCCCCCCCCC)c2)c1. The van der Waals surface area contributed by atoms with Gasteiger partial charge in [-0.2, -0.15) is 0 Å². The molecule has 49 heavy (non-hydrogen) atoms. The van der Waals surface area contributed by atoms with E-state index in [9.17, 15) is 9.59 Å². The molecule has 0 bridgehead atoms. The third kappa shape index (κ3) is 22.3. The molecule has 276 valence electrons. The lowest BCUT2D eigenvalue weighted by Crippen LogP contribution is -2.35. The molecule has 0 unspecified atom stereocenters. The first-order valence-corrected chi connectivity index (χ1v) is 19.5. The van der Waals surface area contributed by atoms with Gasteiger partial charge in [0.15, 0.2) is 0 Å². The highest BCUT2D eigenvalue weighted by Crippen LogP contribution is 2.18. The van der Waals surface area contributed by atoms with Crippen LogP contribution < -0.4 is 21.3 Å². The van der Waals surface area contributed by atoms with E-state index >= 15 is 0 Å². The minimum Gasteiger partial charge on any atom is -0.337 e. The number of hydrogen-bond acceptors (Lipinski definition) is 4. The lowest BCUT2D eigenvalue weighted by atomic mass is 10.0. The molecule has 0 heterocycles. The van der Waals surface area contributed by atoms with Crippen molar-refractivity contribution in [3.8, 4) is 0 Å². The largest absolute Gasteiger partial charge is 0.337 e. The summed E-state index contributed by atoms with van der Waals surface area (Å²) >= 11 is 0. The highest BCUT2D eigenvalue weighted by Gasteiger charge is 2.07. The molecule has 4 amide bonds. The second-order valence-electron chi connectivity index (χ2n) is 13.9. The van der Waals surface area contributed by atoms with Gasteiger partial charge in [0.1, 0.15) is 0 Å². The molecule has 0 atom stereocenters. The number of nitrogens with zero attached hydrogens (tertiary/aromatic N) is 2. The lowest BCUT2D eigenvalue weighted by Gasteiger charge is -2.17. The monoisotopic (exact) mass is 679 g/mol. The van der Waals surface area contributed by atoms with Crippen LogP contribution in [0.1, 0.15) is 128 Å². The smallest absolute Gasteiger partial charge is 0.319 e. The van der Waals surface area contributed by atoms with Crippen molar-refractivity contribution in [3.05, 3.63) is 59.7 Å². The number of benzene rings is 2. The first kappa shape index (κ1) is 42.1. The fourth-order valence-electron chi connectivity index (χ4n) is 6.08. The lowest BCUT2D eigenvalue weighted by molar-refractivity contribution is 0.248.